The molecule has 7 heteroatoms. The van der Waals surface area contributed by atoms with Gasteiger partial charge in [-0.25, -0.2) is 9.97 Å². The zero-order chi connectivity index (χ0) is 20.1. The predicted molar refractivity (Wildman–Crippen MR) is 110 cm³/mol. The molecule has 0 aliphatic carbocycles. The van der Waals surface area contributed by atoms with E-state index in [9.17, 15) is 4.79 Å². The fourth-order valence-electron chi connectivity index (χ4n) is 3.44. The fourth-order valence-corrected chi connectivity index (χ4v) is 3.71. The van der Waals surface area contributed by atoms with E-state index >= 15 is 0 Å². The summed E-state index contributed by atoms with van der Waals surface area (Å²) in [5.41, 5.74) is 1.15. The molecule has 1 aromatic heterocycles. The summed E-state index contributed by atoms with van der Waals surface area (Å²) in [5, 5.41) is 0.439. The van der Waals surface area contributed by atoms with E-state index in [4.69, 9.17) is 21.1 Å². The van der Waals surface area contributed by atoms with E-state index < -0.39 is 0 Å². The second-order valence-electron chi connectivity index (χ2n) is 7.10. The van der Waals surface area contributed by atoms with Gasteiger partial charge in [0.1, 0.15) is 29.0 Å². The number of Topliss-reactive ketones (excluding diaryl/α,β-unsaturated/α-hetero) is 1. The standard InChI is InChI=1S/C21H26ClN3O3/c1-4-27-21-19(22)20(23-13-24-21)25-10-9-18(12-25)28-17-7-5-16(6-8-17)14(2)11-15(3)26/h5-8,13-14,18H,4,9-12H2,1-3H3/t14-,18-/m1/s1. The highest BCUT2D eigenvalue weighted by molar-refractivity contribution is 6.34. The summed E-state index contributed by atoms with van der Waals surface area (Å²) in [6.45, 7) is 7.59. The number of halogens is 1. The molecular weight excluding hydrogens is 378 g/mol. The summed E-state index contributed by atoms with van der Waals surface area (Å²) in [4.78, 5) is 21.8. The zero-order valence-electron chi connectivity index (χ0n) is 16.5. The number of rotatable bonds is 8. The lowest BCUT2D eigenvalue weighted by Crippen LogP contribution is -2.25. The summed E-state index contributed by atoms with van der Waals surface area (Å²) < 4.78 is 11.6. The number of hydrogen-bond donors (Lipinski definition) is 0. The largest absolute Gasteiger partial charge is 0.489 e. The molecule has 2 aromatic rings. The number of hydrogen-bond acceptors (Lipinski definition) is 6. The average molecular weight is 404 g/mol. The van der Waals surface area contributed by atoms with Gasteiger partial charge in [0.05, 0.1) is 13.2 Å². The summed E-state index contributed by atoms with van der Waals surface area (Å²) in [6, 6.07) is 8.01. The first kappa shape index (κ1) is 20.4. The lowest BCUT2D eigenvalue weighted by molar-refractivity contribution is -0.117. The molecule has 1 fully saturated rings. The number of carbonyl (C=O) groups is 1. The SMILES string of the molecule is CCOc1ncnc(N2CC[C@@H](Oc3ccc([C@H](C)CC(C)=O)cc3)C2)c1Cl. The number of nitrogens with zero attached hydrogens (tertiary/aromatic N) is 3. The first-order chi connectivity index (χ1) is 13.5. The van der Waals surface area contributed by atoms with Crippen molar-refractivity contribution in [3.05, 3.63) is 41.2 Å². The number of ether oxygens (including phenoxy) is 2. The topological polar surface area (TPSA) is 64.6 Å². The Kier molecular flexibility index (Phi) is 6.73. The van der Waals surface area contributed by atoms with Crippen molar-refractivity contribution >= 4 is 23.2 Å². The van der Waals surface area contributed by atoms with Crippen LogP contribution >= 0.6 is 11.6 Å². The van der Waals surface area contributed by atoms with Crippen molar-refractivity contribution in [1.82, 2.24) is 9.97 Å². The Bertz CT molecular complexity index is 813. The number of benzene rings is 1. The first-order valence-electron chi connectivity index (χ1n) is 9.62. The maximum absolute atomic E-state index is 11.3. The van der Waals surface area contributed by atoms with Gasteiger partial charge in [0.2, 0.25) is 5.88 Å². The van der Waals surface area contributed by atoms with Gasteiger partial charge in [-0.2, -0.15) is 0 Å². The molecule has 1 aliphatic heterocycles. The molecule has 6 nitrogen and oxygen atoms in total. The van der Waals surface area contributed by atoms with Crippen LogP contribution in [0, 0.1) is 0 Å². The van der Waals surface area contributed by atoms with Crippen LogP contribution in [0.3, 0.4) is 0 Å². The summed E-state index contributed by atoms with van der Waals surface area (Å²) in [6.07, 6.45) is 2.97. The van der Waals surface area contributed by atoms with Gasteiger partial charge in [-0.1, -0.05) is 30.7 Å². The highest BCUT2D eigenvalue weighted by Gasteiger charge is 2.27. The minimum atomic E-state index is 0.0575. The molecule has 0 N–H and O–H groups in total. The quantitative estimate of drug-likeness (QED) is 0.655. The van der Waals surface area contributed by atoms with E-state index in [0.717, 1.165) is 24.3 Å². The second-order valence-corrected chi connectivity index (χ2v) is 7.48. The van der Waals surface area contributed by atoms with Crippen molar-refractivity contribution in [3.63, 3.8) is 0 Å². The second kappa shape index (κ2) is 9.24. The number of ketones is 1. The van der Waals surface area contributed by atoms with Crippen LogP contribution in [0.5, 0.6) is 11.6 Å². The van der Waals surface area contributed by atoms with Crippen LogP contribution in [0.1, 0.15) is 45.1 Å². The molecule has 2 heterocycles. The molecule has 3 rings (SSSR count). The number of carbonyl (C=O) groups excluding carboxylic acids is 1. The van der Waals surface area contributed by atoms with E-state index in [0.29, 0.717) is 36.3 Å². The Morgan fingerprint density at radius 3 is 2.75 bits per heavy atom. The summed E-state index contributed by atoms with van der Waals surface area (Å²) in [5.74, 6) is 2.34. The molecule has 2 atom stereocenters. The van der Waals surface area contributed by atoms with Gasteiger partial charge in [-0.05, 0) is 37.5 Å². The van der Waals surface area contributed by atoms with Crippen molar-refractivity contribution in [2.45, 2.75) is 45.6 Å². The van der Waals surface area contributed by atoms with Crippen molar-refractivity contribution in [3.8, 4) is 11.6 Å². The Morgan fingerprint density at radius 1 is 1.32 bits per heavy atom. The van der Waals surface area contributed by atoms with Gasteiger partial charge < -0.3 is 19.2 Å². The predicted octanol–water partition coefficient (Wildman–Crippen LogP) is 4.27. The van der Waals surface area contributed by atoms with E-state index in [2.05, 4.69) is 21.8 Å². The molecule has 0 amide bonds. The lowest BCUT2D eigenvalue weighted by Gasteiger charge is -2.20. The molecule has 0 saturated carbocycles. The van der Waals surface area contributed by atoms with Gasteiger partial charge in [0.15, 0.2) is 5.82 Å². The minimum Gasteiger partial charge on any atom is -0.489 e. The highest BCUT2D eigenvalue weighted by Crippen LogP contribution is 2.33. The highest BCUT2D eigenvalue weighted by atomic mass is 35.5. The van der Waals surface area contributed by atoms with Crippen LogP contribution in [-0.2, 0) is 4.79 Å². The van der Waals surface area contributed by atoms with E-state index in [-0.39, 0.29) is 17.8 Å². The van der Waals surface area contributed by atoms with Crippen LogP contribution in [0.2, 0.25) is 5.02 Å². The Balaban J connectivity index is 1.61. The van der Waals surface area contributed by atoms with Crippen molar-refractivity contribution in [2.24, 2.45) is 0 Å². The third-order valence-corrected chi connectivity index (χ3v) is 5.14. The van der Waals surface area contributed by atoms with Crippen LogP contribution in [0.25, 0.3) is 0 Å². The first-order valence-corrected chi connectivity index (χ1v) is 10.00. The van der Waals surface area contributed by atoms with Gasteiger partial charge in [-0.3, -0.25) is 0 Å². The van der Waals surface area contributed by atoms with E-state index in [1.807, 2.05) is 31.2 Å². The van der Waals surface area contributed by atoms with Gasteiger partial charge in [0.25, 0.3) is 0 Å². The van der Waals surface area contributed by atoms with Crippen molar-refractivity contribution in [2.75, 3.05) is 24.6 Å². The molecule has 1 aliphatic rings. The van der Waals surface area contributed by atoms with Crippen LogP contribution in [0.4, 0.5) is 5.82 Å². The summed E-state index contributed by atoms with van der Waals surface area (Å²) >= 11 is 6.40. The number of anilines is 1. The van der Waals surface area contributed by atoms with Gasteiger partial charge >= 0.3 is 0 Å². The van der Waals surface area contributed by atoms with E-state index in [1.165, 1.54) is 6.33 Å². The maximum atomic E-state index is 11.3. The Labute approximate surface area is 170 Å². The minimum absolute atomic E-state index is 0.0575. The zero-order valence-corrected chi connectivity index (χ0v) is 17.3. The lowest BCUT2D eigenvalue weighted by atomic mass is 9.96. The third kappa shape index (κ3) is 4.93. The van der Waals surface area contributed by atoms with Crippen LogP contribution < -0.4 is 14.4 Å². The average Bonchev–Trinajstić information content (AvgIpc) is 3.12. The normalized spacial score (nSPS) is 17.4. The Hall–Kier alpha value is -2.34. The molecule has 150 valence electrons. The molecular formula is C21H26ClN3O3. The van der Waals surface area contributed by atoms with Crippen molar-refractivity contribution in [1.29, 1.82) is 0 Å². The molecule has 1 aromatic carbocycles. The molecule has 0 unspecified atom stereocenters. The smallest absolute Gasteiger partial charge is 0.237 e. The van der Waals surface area contributed by atoms with Crippen LogP contribution in [0.15, 0.2) is 30.6 Å². The maximum Gasteiger partial charge on any atom is 0.237 e. The monoisotopic (exact) mass is 403 g/mol. The third-order valence-electron chi connectivity index (χ3n) is 4.81. The van der Waals surface area contributed by atoms with Crippen LogP contribution in [-0.4, -0.2) is 41.6 Å². The van der Waals surface area contributed by atoms with Gasteiger partial charge in [0, 0.05) is 19.4 Å². The van der Waals surface area contributed by atoms with Gasteiger partial charge in [-0.15, -0.1) is 0 Å². The molecule has 28 heavy (non-hydrogen) atoms. The Morgan fingerprint density at radius 2 is 2.07 bits per heavy atom. The molecule has 1 saturated heterocycles. The fraction of sp³-hybridized carbons (Fsp3) is 0.476. The van der Waals surface area contributed by atoms with E-state index in [1.54, 1.807) is 6.92 Å². The molecule has 0 bridgehead atoms. The number of aromatic nitrogens is 2. The van der Waals surface area contributed by atoms with Crippen molar-refractivity contribution < 1.29 is 14.3 Å². The molecule has 0 spiro atoms. The summed E-state index contributed by atoms with van der Waals surface area (Å²) in [7, 11) is 0. The molecule has 0 radical (unpaired) electrons.